The molecule has 48 heavy (non-hydrogen) atoms. The molecule has 0 atom stereocenters. The Morgan fingerprint density at radius 2 is 1.23 bits per heavy atom. The predicted octanol–water partition coefficient (Wildman–Crippen LogP) is 12.3. The van der Waals surface area contributed by atoms with E-state index in [2.05, 4.69) is 142 Å². The molecule has 3 heterocycles. The van der Waals surface area contributed by atoms with Gasteiger partial charge in [0.05, 0.1) is 39.7 Å². The second-order valence-corrected chi connectivity index (χ2v) is 12.5. The molecule has 0 spiro atoms. The molecule has 4 nitrogen and oxygen atoms in total. The van der Waals surface area contributed by atoms with Crippen molar-refractivity contribution >= 4 is 71.2 Å². The lowest BCUT2D eigenvalue weighted by Crippen LogP contribution is -1.98. The highest BCUT2D eigenvalue weighted by molar-refractivity contribution is 6.24. The molecule has 10 aromatic rings. The molecule has 0 saturated carbocycles. The van der Waals surface area contributed by atoms with Crippen molar-refractivity contribution in [3.05, 3.63) is 163 Å². The maximum absolute atomic E-state index is 8.19. The van der Waals surface area contributed by atoms with Crippen molar-refractivity contribution in [2.75, 3.05) is 0 Å². The number of furan rings is 1. The molecule has 224 valence electrons. The minimum Gasteiger partial charge on any atom is -0.456 e. The van der Waals surface area contributed by atoms with Crippen LogP contribution >= 0.6 is 0 Å². The number of nitrogens with zero attached hydrogens (tertiary/aromatic N) is 3. The van der Waals surface area contributed by atoms with Crippen molar-refractivity contribution in [2.24, 2.45) is 0 Å². The summed E-state index contributed by atoms with van der Waals surface area (Å²) in [6.45, 7) is 10.3. The molecule has 7 aromatic carbocycles. The normalized spacial score (nSPS) is 11.8. The van der Waals surface area contributed by atoms with E-state index in [1.165, 1.54) is 27.1 Å². The van der Waals surface area contributed by atoms with Crippen molar-refractivity contribution < 1.29 is 4.42 Å². The zero-order valence-electron chi connectivity index (χ0n) is 26.1. The Balaban J connectivity index is 1.22. The van der Waals surface area contributed by atoms with Crippen molar-refractivity contribution in [1.29, 1.82) is 0 Å². The van der Waals surface area contributed by atoms with Gasteiger partial charge in [-0.3, -0.25) is 0 Å². The highest BCUT2D eigenvalue weighted by atomic mass is 16.3. The molecule has 3 aromatic heterocycles. The summed E-state index contributed by atoms with van der Waals surface area (Å²) in [5.74, 6) is 0. The first-order valence-corrected chi connectivity index (χ1v) is 16.1. The molecule has 10 rings (SSSR count). The van der Waals surface area contributed by atoms with Crippen molar-refractivity contribution in [3.63, 3.8) is 0 Å². The van der Waals surface area contributed by atoms with Crippen LogP contribution in [0.1, 0.15) is 5.56 Å². The van der Waals surface area contributed by atoms with Crippen LogP contribution in [0.2, 0.25) is 0 Å². The molecule has 0 fully saturated rings. The summed E-state index contributed by atoms with van der Waals surface area (Å²) in [6.07, 6.45) is 0. The van der Waals surface area contributed by atoms with E-state index in [9.17, 15) is 0 Å². The zero-order valence-corrected chi connectivity index (χ0v) is 26.1. The van der Waals surface area contributed by atoms with Gasteiger partial charge in [0, 0.05) is 32.6 Å². The zero-order chi connectivity index (χ0) is 31.9. The van der Waals surface area contributed by atoms with Gasteiger partial charge in [-0.15, -0.1) is 0 Å². The van der Waals surface area contributed by atoms with E-state index in [1.54, 1.807) is 0 Å². The lowest BCUT2D eigenvalue weighted by atomic mass is 10.0. The van der Waals surface area contributed by atoms with Gasteiger partial charge < -0.3 is 13.6 Å². The first-order valence-electron chi connectivity index (χ1n) is 16.1. The molecule has 0 aliphatic carbocycles. The van der Waals surface area contributed by atoms with E-state index >= 15 is 0 Å². The molecule has 0 bridgehead atoms. The molecular formula is C44H27N3O. The van der Waals surface area contributed by atoms with Gasteiger partial charge in [0.1, 0.15) is 11.2 Å². The van der Waals surface area contributed by atoms with Crippen LogP contribution in [0.5, 0.6) is 0 Å². The molecular weight excluding hydrogens is 587 g/mol. The fourth-order valence-corrected chi connectivity index (χ4v) is 7.74. The number of benzene rings is 7. The number of rotatable bonds is 3. The maximum atomic E-state index is 8.19. The van der Waals surface area contributed by atoms with E-state index in [1.807, 2.05) is 24.3 Å². The van der Waals surface area contributed by atoms with Gasteiger partial charge in [0.2, 0.25) is 5.69 Å². The summed E-state index contributed by atoms with van der Waals surface area (Å²) >= 11 is 0. The second-order valence-electron chi connectivity index (χ2n) is 12.5. The number of aryl methyl sites for hydroxylation is 1. The number of hydrogen-bond donors (Lipinski definition) is 0. The van der Waals surface area contributed by atoms with E-state index in [0.29, 0.717) is 5.69 Å². The first kappa shape index (κ1) is 26.6. The smallest absolute Gasteiger partial charge is 0.211 e. The minimum absolute atomic E-state index is 0.622. The Morgan fingerprint density at radius 3 is 2.02 bits per heavy atom. The number of hydrogen-bond acceptors (Lipinski definition) is 1. The monoisotopic (exact) mass is 613 g/mol. The fourth-order valence-electron chi connectivity index (χ4n) is 7.74. The first-order chi connectivity index (χ1) is 23.7. The summed E-state index contributed by atoms with van der Waals surface area (Å²) in [6, 6.07) is 51.1. The predicted molar refractivity (Wildman–Crippen MR) is 199 cm³/mol. The Bertz CT molecular complexity index is 2960. The van der Waals surface area contributed by atoms with Crippen LogP contribution in [0.15, 0.2) is 150 Å². The van der Waals surface area contributed by atoms with Crippen LogP contribution < -0.4 is 0 Å². The topological polar surface area (TPSA) is 27.4 Å². The van der Waals surface area contributed by atoms with Crippen molar-refractivity contribution in [1.82, 2.24) is 9.13 Å². The molecule has 0 saturated heterocycles. The molecule has 0 aliphatic rings. The summed E-state index contributed by atoms with van der Waals surface area (Å²) < 4.78 is 11.0. The largest absolute Gasteiger partial charge is 0.456 e. The number of para-hydroxylation sites is 4. The summed E-state index contributed by atoms with van der Waals surface area (Å²) in [5.41, 5.74) is 12.1. The van der Waals surface area contributed by atoms with Crippen LogP contribution in [-0.4, -0.2) is 9.13 Å². The highest BCUT2D eigenvalue weighted by Crippen LogP contribution is 2.43. The van der Waals surface area contributed by atoms with Gasteiger partial charge in [-0.25, -0.2) is 4.85 Å². The average molecular weight is 614 g/mol. The number of aromatic nitrogens is 2. The quantitative estimate of drug-likeness (QED) is 0.182. The van der Waals surface area contributed by atoms with Gasteiger partial charge in [0.25, 0.3) is 0 Å². The Labute approximate surface area is 276 Å². The second kappa shape index (κ2) is 9.96. The summed E-state index contributed by atoms with van der Waals surface area (Å²) in [4.78, 5) is 4.04. The lowest BCUT2D eigenvalue weighted by molar-refractivity contribution is 0.669. The maximum Gasteiger partial charge on any atom is 0.211 e. The van der Waals surface area contributed by atoms with Gasteiger partial charge in [-0.2, -0.15) is 0 Å². The van der Waals surface area contributed by atoms with Crippen LogP contribution in [0, 0.1) is 13.5 Å². The SMILES string of the molecule is [C-]#[N+]c1cccc(-c2ccc(-n3c4ccccc4c4ccc5oc6ccccc6c5c43)cc2)c1-n1c2ccccc2c2cc(C)ccc21. The Kier molecular flexibility index (Phi) is 5.53. The van der Waals surface area contributed by atoms with E-state index in [4.69, 9.17) is 11.0 Å². The third-order valence-corrected chi connectivity index (χ3v) is 9.80. The summed E-state index contributed by atoms with van der Waals surface area (Å²) in [7, 11) is 0. The molecule has 0 amide bonds. The molecule has 0 N–H and O–H groups in total. The van der Waals surface area contributed by atoms with E-state index in [0.717, 1.165) is 66.5 Å². The minimum atomic E-state index is 0.622. The van der Waals surface area contributed by atoms with Gasteiger partial charge in [0.15, 0.2) is 0 Å². The van der Waals surface area contributed by atoms with E-state index in [-0.39, 0.29) is 0 Å². The molecule has 0 aliphatic heterocycles. The molecule has 4 heteroatoms. The van der Waals surface area contributed by atoms with Crippen LogP contribution in [0.3, 0.4) is 0 Å². The van der Waals surface area contributed by atoms with Crippen LogP contribution in [0.4, 0.5) is 5.69 Å². The lowest BCUT2D eigenvalue weighted by Gasteiger charge is -2.17. The summed E-state index contributed by atoms with van der Waals surface area (Å²) in [5, 5.41) is 7.01. The highest BCUT2D eigenvalue weighted by Gasteiger charge is 2.21. The Morgan fingerprint density at radius 1 is 0.542 bits per heavy atom. The average Bonchev–Trinajstić information content (AvgIpc) is 3.79. The van der Waals surface area contributed by atoms with Crippen molar-refractivity contribution in [2.45, 2.75) is 6.92 Å². The van der Waals surface area contributed by atoms with Gasteiger partial charge >= 0.3 is 0 Å². The van der Waals surface area contributed by atoms with Gasteiger partial charge in [-0.05, 0) is 72.6 Å². The third-order valence-electron chi connectivity index (χ3n) is 9.80. The van der Waals surface area contributed by atoms with Gasteiger partial charge in [-0.1, -0.05) is 96.6 Å². The van der Waals surface area contributed by atoms with E-state index < -0.39 is 0 Å². The Hall–Kier alpha value is -6.57. The van der Waals surface area contributed by atoms with Crippen LogP contribution in [-0.2, 0) is 0 Å². The fraction of sp³-hybridized carbons (Fsp3) is 0.0227. The molecule has 0 unspecified atom stereocenters. The third kappa shape index (κ3) is 3.64. The number of fused-ring (bicyclic) bond motifs is 10. The van der Waals surface area contributed by atoms with Crippen LogP contribution in [0.25, 0.3) is 92.9 Å². The molecule has 0 radical (unpaired) electrons. The standard InChI is InChI=1S/C44H27N3O/c1-27-18-24-39-35(26-27)32-11-4-7-16-38(32)47(39)43-30(13-9-14-36(43)45-2)28-19-21-29(22-20-28)46-37-15-6-3-10-31(37)33-23-25-41-42(44(33)46)34-12-5-8-17-40(34)48-41/h3-26H,1H3. The van der Waals surface area contributed by atoms with Crippen molar-refractivity contribution in [3.8, 4) is 22.5 Å².